The third-order valence-electron chi connectivity index (χ3n) is 3.70. The number of rotatable bonds is 2. The monoisotopic (exact) mass is 436 g/mol. The van der Waals surface area contributed by atoms with E-state index in [1.54, 1.807) is 13.1 Å². The van der Waals surface area contributed by atoms with E-state index in [1.807, 2.05) is 22.6 Å². The number of alkyl halides is 3. The van der Waals surface area contributed by atoms with Gasteiger partial charge >= 0.3 is 6.18 Å². The molecule has 0 aliphatic carbocycles. The van der Waals surface area contributed by atoms with Gasteiger partial charge in [0.15, 0.2) is 3.83 Å². The van der Waals surface area contributed by atoms with Gasteiger partial charge in [-0.3, -0.25) is 4.79 Å². The number of hydrogen-bond donors (Lipinski definition) is 0. The minimum atomic E-state index is -4.38. The molecule has 0 unspecified atom stereocenters. The molecule has 3 heterocycles. The van der Waals surface area contributed by atoms with E-state index in [9.17, 15) is 18.0 Å². The van der Waals surface area contributed by atoms with Crippen LogP contribution in [0.15, 0.2) is 18.3 Å². The summed E-state index contributed by atoms with van der Waals surface area (Å²) in [7, 11) is 1.64. The topological polar surface area (TPSA) is 51.0 Å². The van der Waals surface area contributed by atoms with Crippen molar-refractivity contribution in [2.24, 2.45) is 0 Å². The Morgan fingerprint density at radius 3 is 2.78 bits per heavy atom. The molecule has 1 aliphatic heterocycles. The second-order valence-electron chi connectivity index (χ2n) is 5.28. The highest BCUT2D eigenvalue weighted by Crippen LogP contribution is 2.31. The summed E-state index contributed by atoms with van der Waals surface area (Å²) in [5.74, 6) is -0.267. The summed E-state index contributed by atoms with van der Waals surface area (Å²) >= 11 is 1.90. The highest BCUT2D eigenvalue weighted by atomic mass is 127. The Bertz CT molecular complexity index is 772. The van der Waals surface area contributed by atoms with E-state index in [2.05, 4.69) is 9.97 Å². The highest BCUT2D eigenvalue weighted by Gasteiger charge is 2.34. The van der Waals surface area contributed by atoms with Crippen molar-refractivity contribution < 1.29 is 18.0 Å². The molecule has 0 radical (unpaired) electrons. The minimum Gasteiger partial charge on any atom is -0.341 e. The average molecular weight is 436 g/mol. The number of carbonyl (C=O) groups excluding carboxylic acids is 1. The van der Waals surface area contributed by atoms with Crippen LogP contribution in [0, 0.1) is 3.83 Å². The number of aromatic nitrogens is 3. The Morgan fingerprint density at radius 2 is 2.13 bits per heavy atom. The minimum absolute atomic E-state index is 0.267. The van der Waals surface area contributed by atoms with Gasteiger partial charge in [-0.15, -0.1) is 0 Å². The number of carbonyl (C=O) groups is 1. The van der Waals surface area contributed by atoms with Crippen molar-refractivity contribution >= 4 is 28.5 Å². The van der Waals surface area contributed by atoms with Crippen LogP contribution >= 0.6 is 22.6 Å². The van der Waals surface area contributed by atoms with Crippen molar-refractivity contribution in [1.29, 1.82) is 0 Å². The summed E-state index contributed by atoms with van der Waals surface area (Å²) < 4.78 is 40.5. The van der Waals surface area contributed by atoms with Crippen LogP contribution in [-0.4, -0.2) is 45.1 Å². The summed E-state index contributed by atoms with van der Waals surface area (Å²) in [4.78, 5) is 21.9. The Morgan fingerprint density at radius 1 is 1.39 bits per heavy atom. The largest absolute Gasteiger partial charge is 0.406 e. The van der Waals surface area contributed by atoms with Crippen molar-refractivity contribution in [2.45, 2.75) is 19.1 Å². The molecule has 1 aliphatic rings. The third kappa shape index (κ3) is 3.19. The maximum Gasteiger partial charge on any atom is 0.406 e. The number of amides is 1. The first-order valence-electron chi connectivity index (χ1n) is 6.80. The van der Waals surface area contributed by atoms with Crippen LogP contribution in [-0.2, 0) is 13.0 Å². The molecule has 5 nitrogen and oxygen atoms in total. The predicted octanol–water partition coefficient (Wildman–Crippen LogP) is 2.74. The number of nitrogens with zero attached hydrogens (tertiary/aromatic N) is 4. The van der Waals surface area contributed by atoms with Crippen LogP contribution in [0.1, 0.15) is 16.1 Å². The molecule has 122 valence electrons. The van der Waals surface area contributed by atoms with Crippen molar-refractivity contribution in [3.05, 3.63) is 33.4 Å². The van der Waals surface area contributed by atoms with E-state index >= 15 is 0 Å². The van der Waals surface area contributed by atoms with Gasteiger partial charge in [-0.2, -0.15) is 13.2 Å². The van der Waals surface area contributed by atoms with E-state index in [0.29, 0.717) is 33.7 Å². The van der Waals surface area contributed by atoms with E-state index in [-0.39, 0.29) is 11.6 Å². The van der Waals surface area contributed by atoms with Crippen LogP contribution < -0.4 is 0 Å². The van der Waals surface area contributed by atoms with Crippen LogP contribution in [0.3, 0.4) is 0 Å². The Kier molecular flexibility index (Phi) is 4.07. The summed E-state index contributed by atoms with van der Waals surface area (Å²) in [5, 5.41) is 0. The zero-order valence-electron chi connectivity index (χ0n) is 12.1. The maximum atomic E-state index is 13.0. The molecule has 2 aromatic heterocycles. The van der Waals surface area contributed by atoms with E-state index in [1.165, 1.54) is 17.2 Å². The van der Waals surface area contributed by atoms with Crippen LogP contribution in [0.4, 0.5) is 13.2 Å². The predicted molar refractivity (Wildman–Crippen MR) is 84.9 cm³/mol. The molecule has 0 fully saturated rings. The molecule has 3 rings (SSSR count). The van der Waals surface area contributed by atoms with Gasteiger partial charge in [0, 0.05) is 54.5 Å². The first-order valence-corrected chi connectivity index (χ1v) is 7.87. The fraction of sp³-hybridized carbons (Fsp3) is 0.357. The van der Waals surface area contributed by atoms with Gasteiger partial charge < -0.3 is 9.47 Å². The van der Waals surface area contributed by atoms with Crippen molar-refractivity contribution in [1.82, 2.24) is 19.4 Å². The summed E-state index contributed by atoms with van der Waals surface area (Å²) in [6.07, 6.45) is -2.51. The maximum absolute atomic E-state index is 13.0. The molecular weight excluding hydrogens is 424 g/mol. The second kappa shape index (κ2) is 5.77. The van der Waals surface area contributed by atoms with Gasteiger partial charge in [-0.05, 0) is 12.1 Å². The van der Waals surface area contributed by atoms with Gasteiger partial charge in [0.2, 0.25) is 0 Å². The lowest BCUT2D eigenvalue weighted by atomic mass is 10.1. The van der Waals surface area contributed by atoms with Crippen LogP contribution in [0.2, 0.25) is 0 Å². The van der Waals surface area contributed by atoms with Crippen LogP contribution in [0.5, 0.6) is 0 Å². The third-order valence-corrected chi connectivity index (χ3v) is 4.22. The van der Waals surface area contributed by atoms with Crippen molar-refractivity contribution in [3.63, 3.8) is 0 Å². The number of halogens is 4. The molecule has 0 bridgehead atoms. The Hall–Kier alpha value is -1.65. The quantitative estimate of drug-likeness (QED) is 0.538. The lowest BCUT2D eigenvalue weighted by molar-refractivity contribution is -0.140. The van der Waals surface area contributed by atoms with Gasteiger partial charge in [-0.1, -0.05) is 0 Å². The van der Waals surface area contributed by atoms with Crippen LogP contribution in [0.25, 0.3) is 11.4 Å². The zero-order chi connectivity index (χ0) is 16.8. The van der Waals surface area contributed by atoms with E-state index in [4.69, 9.17) is 0 Å². The molecule has 23 heavy (non-hydrogen) atoms. The lowest BCUT2D eigenvalue weighted by Crippen LogP contribution is -2.35. The fourth-order valence-electron chi connectivity index (χ4n) is 2.67. The molecule has 2 aromatic rings. The smallest absolute Gasteiger partial charge is 0.341 e. The average Bonchev–Trinajstić information content (AvgIpc) is 2.80. The first kappa shape index (κ1) is 16.2. The van der Waals surface area contributed by atoms with Gasteiger partial charge in [0.05, 0.1) is 17.0 Å². The Balaban J connectivity index is 2.18. The van der Waals surface area contributed by atoms with E-state index in [0.717, 1.165) is 4.57 Å². The normalized spacial score (nSPS) is 15.0. The number of likely N-dealkylation sites (N-methyl/N-ethyl adjacent to an activating group) is 1. The van der Waals surface area contributed by atoms with Gasteiger partial charge in [0.25, 0.3) is 5.91 Å². The van der Waals surface area contributed by atoms with E-state index < -0.39 is 12.7 Å². The SMILES string of the molecule is CN1CCc2c(cc(-c3ccnc(I)n3)n2CC(F)(F)F)C1=O. The zero-order valence-corrected chi connectivity index (χ0v) is 14.2. The molecule has 1 amide bonds. The molecule has 0 atom stereocenters. The summed E-state index contributed by atoms with van der Waals surface area (Å²) in [5.41, 5.74) is 1.38. The molecule has 0 saturated heterocycles. The lowest BCUT2D eigenvalue weighted by Gasteiger charge is -2.24. The van der Waals surface area contributed by atoms with Gasteiger partial charge in [-0.25, -0.2) is 9.97 Å². The Labute approximate surface area is 143 Å². The molecule has 0 N–H and O–H groups in total. The van der Waals surface area contributed by atoms with Gasteiger partial charge in [0.1, 0.15) is 6.54 Å². The van der Waals surface area contributed by atoms with Crippen molar-refractivity contribution in [2.75, 3.05) is 13.6 Å². The summed E-state index contributed by atoms with van der Waals surface area (Å²) in [6, 6.07) is 3.04. The molecule has 0 spiro atoms. The number of fused-ring (bicyclic) bond motifs is 1. The highest BCUT2D eigenvalue weighted by molar-refractivity contribution is 14.1. The molecule has 0 saturated carbocycles. The fourth-order valence-corrected chi connectivity index (χ4v) is 3.09. The molecule has 0 aromatic carbocycles. The number of hydrogen-bond acceptors (Lipinski definition) is 3. The first-order chi connectivity index (χ1) is 10.8. The van der Waals surface area contributed by atoms with Crippen molar-refractivity contribution in [3.8, 4) is 11.4 Å². The second-order valence-corrected chi connectivity index (χ2v) is 6.24. The molecule has 9 heteroatoms. The molecular formula is C14H12F3IN4O. The summed E-state index contributed by atoms with van der Waals surface area (Å²) in [6.45, 7) is -0.746. The standard InChI is InChI=1S/C14H12F3IN4O/c1-21-5-3-10-8(12(21)23)6-11(22(10)7-14(15,16)17)9-2-4-19-13(18)20-9/h2,4,6H,3,5,7H2,1H3.